The van der Waals surface area contributed by atoms with Crippen LogP contribution in [0.5, 0.6) is 0 Å². The zero-order valence-corrected chi connectivity index (χ0v) is 10.7. The van der Waals surface area contributed by atoms with Crippen molar-refractivity contribution >= 4 is 11.3 Å². The largest absolute Gasteiger partial charge is 0.393 e. The van der Waals surface area contributed by atoms with Crippen LogP contribution in [0.15, 0.2) is 24.3 Å². The zero-order valence-electron chi connectivity index (χ0n) is 9.90. The van der Waals surface area contributed by atoms with Crippen molar-refractivity contribution in [1.82, 2.24) is 4.98 Å². The van der Waals surface area contributed by atoms with Gasteiger partial charge >= 0.3 is 0 Å². The van der Waals surface area contributed by atoms with Crippen molar-refractivity contribution in [1.29, 1.82) is 0 Å². The molecule has 1 N–H and O–H groups in total. The van der Waals surface area contributed by atoms with Gasteiger partial charge in [-0.25, -0.2) is 9.37 Å². The Bertz CT molecular complexity index is 549. The summed E-state index contributed by atoms with van der Waals surface area (Å²) in [6, 6.07) is 6.55. The number of aryl methyl sites for hydroxylation is 1. The fourth-order valence-electron chi connectivity index (χ4n) is 2.26. The van der Waals surface area contributed by atoms with Crippen molar-refractivity contribution in [3.63, 3.8) is 0 Å². The summed E-state index contributed by atoms with van der Waals surface area (Å²) >= 11 is 1.67. The van der Waals surface area contributed by atoms with E-state index in [1.165, 1.54) is 17.0 Å². The van der Waals surface area contributed by atoms with Crippen LogP contribution in [0.4, 0.5) is 4.39 Å². The molecule has 1 aliphatic carbocycles. The highest BCUT2D eigenvalue weighted by atomic mass is 32.1. The van der Waals surface area contributed by atoms with Crippen LogP contribution in [-0.2, 0) is 19.3 Å². The molecule has 0 radical (unpaired) electrons. The highest BCUT2D eigenvalue weighted by Gasteiger charge is 2.20. The molecule has 0 amide bonds. The molecule has 1 unspecified atom stereocenters. The van der Waals surface area contributed by atoms with Crippen LogP contribution in [0.2, 0.25) is 0 Å². The van der Waals surface area contributed by atoms with E-state index in [0.717, 1.165) is 41.9 Å². The summed E-state index contributed by atoms with van der Waals surface area (Å²) in [6.07, 6.45) is 2.95. The van der Waals surface area contributed by atoms with Gasteiger partial charge in [0.25, 0.3) is 0 Å². The lowest BCUT2D eigenvalue weighted by atomic mass is 10.0. The minimum absolute atomic E-state index is 0.208. The molecule has 1 heterocycles. The van der Waals surface area contributed by atoms with Gasteiger partial charge in [0.05, 0.1) is 16.8 Å². The van der Waals surface area contributed by atoms with Gasteiger partial charge in [-0.05, 0) is 30.5 Å². The summed E-state index contributed by atoms with van der Waals surface area (Å²) in [5, 5.41) is 10.7. The van der Waals surface area contributed by atoms with Gasteiger partial charge in [-0.2, -0.15) is 0 Å². The summed E-state index contributed by atoms with van der Waals surface area (Å²) in [7, 11) is 0. The van der Waals surface area contributed by atoms with Crippen LogP contribution < -0.4 is 0 Å². The highest BCUT2D eigenvalue weighted by molar-refractivity contribution is 7.11. The fraction of sp³-hybridized carbons (Fsp3) is 0.357. The number of aromatic nitrogens is 1. The molecule has 4 heteroatoms. The summed E-state index contributed by atoms with van der Waals surface area (Å²) in [5.74, 6) is -0.208. The molecule has 1 aliphatic rings. The monoisotopic (exact) mass is 263 g/mol. The van der Waals surface area contributed by atoms with E-state index in [4.69, 9.17) is 0 Å². The Morgan fingerprint density at radius 2 is 2.11 bits per heavy atom. The molecule has 3 rings (SSSR count). The first kappa shape index (κ1) is 11.8. The van der Waals surface area contributed by atoms with E-state index in [1.807, 2.05) is 0 Å². The van der Waals surface area contributed by atoms with Gasteiger partial charge in [0.2, 0.25) is 0 Å². The Morgan fingerprint density at radius 3 is 2.89 bits per heavy atom. The van der Waals surface area contributed by atoms with Crippen molar-refractivity contribution < 1.29 is 9.50 Å². The molecule has 2 nitrogen and oxygen atoms in total. The van der Waals surface area contributed by atoms with Crippen LogP contribution in [0.1, 0.15) is 27.6 Å². The average molecular weight is 263 g/mol. The van der Waals surface area contributed by atoms with Crippen molar-refractivity contribution in [3.05, 3.63) is 51.2 Å². The number of fused-ring (bicyclic) bond motifs is 1. The maximum Gasteiger partial charge on any atom is 0.123 e. The number of halogens is 1. The van der Waals surface area contributed by atoms with Crippen molar-refractivity contribution in [2.75, 3.05) is 0 Å². The van der Waals surface area contributed by atoms with Crippen LogP contribution in [0.3, 0.4) is 0 Å². The van der Waals surface area contributed by atoms with Crippen molar-refractivity contribution in [2.24, 2.45) is 0 Å². The van der Waals surface area contributed by atoms with E-state index in [-0.39, 0.29) is 11.9 Å². The van der Waals surface area contributed by atoms with Gasteiger partial charge in [0.1, 0.15) is 5.82 Å². The van der Waals surface area contributed by atoms with E-state index in [0.29, 0.717) is 0 Å². The molecule has 0 spiro atoms. The third-order valence-electron chi connectivity index (χ3n) is 3.23. The molecule has 0 fully saturated rings. The lowest BCUT2D eigenvalue weighted by Gasteiger charge is -2.14. The summed E-state index contributed by atoms with van der Waals surface area (Å²) in [6.45, 7) is 0. The van der Waals surface area contributed by atoms with E-state index in [2.05, 4.69) is 4.98 Å². The van der Waals surface area contributed by atoms with Crippen LogP contribution in [0, 0.1) is 5.82 Å². The number of hydrogen-bond acceptors (Lipinski definition) is 3. The number of hydrogen-bond donors (Lipinski definition) is 1. The van der Waals surface area contributed by atoms with E-state index < -0.39 is 0 Å². The lowest BCUT2D eigenvalue weighted by Crippen LogP contribution is -2.17. The van der Waals surface area contributed by atoms with E-state index in [9.17, 15) is 9.50 Å². The van der Waals surface area contributed by atoms with Gasteiger partial charge < -0.3 is 5.11 Å². The van der Waals surface area contributed by atoms with Crippen LogP contribution in [-0.4, -0.2) is 16.2 Å². The van der Waals surface area contributed by atoms with Crippen LogP contribution >= 0.6 is 11.3 Å². The molecular weight excluding hydrogens is 249 g/mol. The molecule has 0 saturated carbocycles. The van der Waals surface area contributed by atoms with Gasteiger partial charge in [-0.3, -0.25) is 0 Å². The molecule has 1 aromatic carbocycles. The number of thiazole rings is 1. The predicted molar refractivity (Wildman–Crippen MR) is 69.4 cm³/mol. The molecule has 18 heavy (non-hydrogen) atoms. The minimum Gasteiger partial charge on any atom is -0.393 e. The third kappa shape index (κ3) is 2.44. The average Bonchev–Trinajstić information content (AvgIpc) is 2.73. The zero-order chi connectivity index (χ0) is 12.5. The second-order valence-electron chi connectivity index (χ2n) is 4.68. The van der Waals surface area contributed by atoms with E-state index in [1.54, 1.807) is 23.5 Å². The topological polar surface area (TPSA) is 33.1 Å². The first-order valence-corrected chi connectivity index (χ1v) is 6.92. The first-order chi connectivity index (χ1) is 8.70. The summed E-state index contributed by atoms with van der Waals surface area (Å²) in [4.78, 5) is 5.83. The SMILES string of the molecule is OC1CCc2nc(Cc3ccc(F)cc3)sc2C1. The summed E-state index contributed by atoms with van der Waals surface area (Å²) < 4.78 is 12.8. The first-order valence-electron chi connectivity index (χ1n) is 6.10. The van der Waals surface area contributed by atoms with Gasteiger partial charge in [0, 0.05) is 17.7 Å². The maximum absolute atomic E-state index is 12.8. The number of aliphatic hydroxyl groups excluding tert-OH is 1. The van der Waals surface area contributed by atoms with Crippen molar-refractivity contribution in [2.45, 2.75) is 31.8 Å². The second kappa shape index (κ2) is 4.78. The third-order valence-corrected chi connectivity index (χ3v) is 4.35. The predicted octanol–water partition coefficient (Wildman–Crippen LogP) is 2.72. The van der Waals surface area contributed by atoms with Gasteiger partial charge in [0.15, 0.2) is 0 Å². The normalized spacial score (nSPS) is 18.7. The Kier molecular flexibility index (Phi) is 3.14. The smallest absolute Gasteiger partial charge is 0.123 e. The molecule has 1 atom stereocenters. The Labute approximate surface area is 109 Å². The van der Waals surface area contributed by atoms with E-state index >= 15 is 0 Å². The molecule has 0 aliphatic heterocycles. The van der Waals surface area contributed by atoms with Gasteiger partial charge in [-0.15, -0.1) is 11.3 Å². The molecule has 0 saturated heterocycles. The molecule has 2 aromatic rings. The number of nitrogens with zero attached hydrogens (tertiary/aromatic N) is 1. The van der Waals surface area contributed by atoms with Crippen LogP contribution in [0.25, 0.3) is 0 Å². The highest BCUT2D eigenvalue weighted by Crippen LogP contribution is 2.28. The molecular formula is C14H14FNOS. The minimum atomic E-state index is -0.211. The summed E-state index contributed by atoms with van der Waals surface area (Å²) in [5.41, 5.74) is 2.21. The Balaban J connectivity index is 1.79. The number of rotatable bonds is 2. The molecule has 1 aromatic heterocycles. The lowest BCUT2D eigenvalue weighted by molar-refractivity contribution is 0.159. The maximum atomic E-state index is 12.8. The number of aliphatic hydroxyl groups is 1. The van der Waals surface area contributed by atoms with Gasteiger partial charge in [-0.1, -0.05) is 12.1 Å². The fourth-order valence-corrected chi connectivity index (χ4v) is 3.48. The number of benzene rings is 1. The molecule has 94 valence electrons. The quantitative estimate of drug-likeness (QED) is 0.903. The second-order valence-corrected chi connectivity index (χ2v) is 5.85. The molecule has 0 bridgehead atoms. The standard InChI is InChI=1S/C14H14FNOS/c15-10-3-1-9(2-4-10)7-14-16-12-6-5-11(17)8-13(12)18-14/h1-4,11,17H,5-8H2. The Hall–Kier alpha value is -1.26. The Morgan fingerprint density at radius 1 is 1.33 bits per heavy atom. The van der Waals surface area contributed by atoms with Crippen molar-refractivity contribution in [3.8, 4) is 0 Å².